The number of Topliss-reactive ketones (excluding diaryl/α,β-unsaturated/α-hetero) is 1. The predicted octanol–water partition coefficient (Wildman–Crippen LogP) is 5.53. The standard InChI is InChI=1S/C29H24FN3O3/c30-19-9-7-18(8-10-19)26-25(27(34)23-17-31-24-6-2-1-5-22(23)24)28(35)29(36)33(26)21-13-11-20(12-14-21)32-15-3-4-16-32/h1-2,5-14,17,26,31,34H,3-4,15-16H2/b27-25-. The van der Waals surface area contributed by atoms with Gasteiger partial charge in [-0.25, -0.2) is 4.39 Å². The molecule has 1 amide bonds. The molecule has 3 aromatic carbocycles. The average molecular weight is 482 g/mol. The van der Waals surface area contributed by atoms with E-state index >= 15 is 0 Å². The van der Waals surface area contributed by atoms with Crippen LogP contribution in [0.1, 0.15) is 30.0 Å². The summed E-state index contributed by atoms with van der Waals surface area (Å²) in [4.78, 5) is 33.5. The van der Waals surface area contributed by atoms with Gasteiger partial charge < -0.3 is 15.0 Å². The van der Waals surface area contributed by atoms with Crippen molar-refractivity contribution in [2.45, 2.75) is 18.9 Å². The molecule has 0 aliphatic carbocycles. The lowest BCUT2D eigenvalue weighted by atomic mass is 9.95. The molecule has 180 valence electrons. The number of aromatic amines is 1. The van der Waals surface area contributed by atoms with Gasteiger partial charge in [0.25, 0.3) is 11.7 Å². The number of halogens is 1. The van der Waals surface area contributed by atoms with Gasteiger partial charge in [0, 0.05) is 47.1 Å². The maximum Gasteiger partial charge on any atom is 0.300 e. The summed E-state index contributed by atoms with van der Waals surface area (Å²) in [7, 11) is 0. The number of aromatic nitrogens is 1. The normalized spacial score (nSPS) is 19.5. The number of benzene rings is 3. The number of carbonyl (C=O) groups is 2. The molecule has 2 N–H and O–H groups in total. The smallest absolute Gasteiger partial charge is 0.300 e. The fourth-order valence-corrected chi connectivity index (χ4v) is 5.27. The Morgan fingerprint density at radius 3 is 2.28 bits per heavy atom. The molecule has 2 saturated heterocycles. The van der Waals surface area contributed by atoms with Crippen LogP contribution in [-0.2, 0) is 9.59 Å². The molecule has 0 spiro atoms. The van der Waals surface area contributed by atoms with Crippen LogP contribution >= 0.6 is 0 Å². The van der Waals surface area contributed by atoms with E-state index in [0.29, 0.717) is 16.8 Å². The van der Waals surface area contributed by atoms with Gasteiger partial charge in [-0.05, 0) is 60.9 Å². The molecule has 4 aromatic rings. The second-order valence-electron chi connectivity index (χ2n) is 9.18. The van der Waals surface area contributed by atoms with Gasteiger partial charge >= 0.3 is 0 Å². The average Bonchev–Trinajstić information content (AvgIpc) is 3.64. The fraction of sp³-hybridized carbons (Fsp3) is 0.172. The molecular formula is C29H24FN3O3. The molecule has 1 unspecified atom stereocenters. The molecule has 36 heavy (non-hydrogen) atoms. The number of hydrogen-bond acceptors (Lipinski definition) is 4. The number of rotatable bonds is 4. The lowest BCUT2D eigenvalue weighted by molar-refractivity contribution is -0.132. The van der Waals surface area contributed by atoms with Gasteiger partial charge in [0.1, 0.15) is 11.6 Å². The zero-order valence-corrected chi connectivity index (χ0v) is 19.4. The number of aliphatic hydroxyl groups is 1. The zero-order valence-electron chi connectivity index (χ0n) is 19.4. The first-order chi connectivity index (χ1) is 17.5. The molecule has 0 saturated carbocycles. The highest BCUT2D eigenvalue weighted by molar-refractivity contribution is 6.51. The molecule has 7 heteroatoms. The summed E-state index contributed by atoms with van der Waals surface area (Å²) in [5.41, 5.74) is 3.32. The van der Waals surface area contributed by atoms with E-state index in [-0.39, 0.29) is 11.3 Å². The van der Waals surface area contributed by atoms with Crippen LogP contribution in [0.5, 0.6) is 0 Å². The first kappa shape index (κ1) is 22.1. The summed E-state index contributed by atoms with van der Waals surface area (Å²) < 4.78 is 13.8. The second kappa shape index (κ2) is 8.68. The van der Waals surface area contributed by atoms with Gasteiger partial charge in [-0.2, -0.15) is 0 Å². The van der Waals surface area contributed by atoms with E-state index in [2.05, 4.69) is 9.88 Å². The Labute approximate surface area is 207 Å². The number of para-hydroxylation sites is 1. The largest absolute Gasteiger partial charge is 0.507 e. The lowest BCUT2D eigenvalue weighted by Gasteiger charge is -2.26. The van der Waals surface area contributed by atoms with Gasteiger partial charge in [-0.15, -0.1) is 0 Å². The number of fused-ring (bicyclic) bond motifs is 1. The highest BCUT2D eigenvalue weighted by atomic mass is 19.1. The molecule has 2 aliphatic rings. The Morgan fingerprint density at radius 2 is 1.56 bits per heavy atom. The van der Waals surface area contributed by atoms with Crippen LogP contribution in [0, 0.1) is 5.82 Å². The molecule has 0 radical (unpaired) electrons. The lowest BCUT2D eigenvalue weighted by Crippen LogP contribution is -2.29. The van der Waals surface area contributed by atoms with E-state index in [0.717, 1.165) is 42.5 Å². The highest BCUT2D eigenvalue weighted by Gasteiger charge is 2.47. The van der Waals surface area contributed by atoms with Gasteiger partial charge in [0.15, 0.2) is 0 Å². The van der Waals surface area contributed by atoms with Crippen molar-refractivity contribution < 1.29 is 19.1 Å². The van der Waals surface area contributed by atoms with E-state index < -0.39 is 23.5 Å². The Balaban J connectivity index is 1.50. The van der Waals surface area contributed by atoms with E-state index in [1.807, 2.05) is 48.5 Å². The third-order valence-corrected chi connectivity index (χ3v) is 7.07. The second-order valence-corrected chi connectivity index (χ2v) is 9.18. The van der Waals surface area contributed by atoms with Crippen molar-refractivity contribution in [2.75, 3.05) is 22.9 Å². The molecule has 2 aliphatic heterocycles. The van der Waals surface area contributed by atoms with Crippen molar-refractivity contribution >= 4 is 39.7 Å². The maximum atomic E-state index is 13.8. The van der Waals surface area contributed by atoms with Crippen molar-refractivity contribution in [2.24, 2.45) is 0 Å². The van der Waals surface area contributed by atoms with Gasteiger partial charge in [0.05, 0.1) is 11.6 Å². The van der Waals surface area contributed by atoms with Gasteiger partial charge in [0.2, 0.25) is 0 Å². The number of carbonyl (C=O) groups excluding carboxylic acids is 2. The molecule has 0 bridgehead atoms. The summed E-state index contributed by atoms with van der Waals surface area (Å²) in [6.07, 6.45) is 3.92. The van der Waals surface area contributed by atoms with Crippen molar-refractivity contribution in [1.82, 2.24) is 4.98 Å². The monoisotopic (exact) mass is 481 g/mol. The number of nitrogens with one attached hydrogen (secondary N) is 1. The minimum Gasteiger partial charge on any atom is -0.507 e. The van der Waals surface area contributed by atoms with Crippen LogP contribution in [0.2, 0.25) is 0 Å². The molecule has 2 fully saturated rings. The molecule has 1 atom stereocenters. The number of aliphatic hydroxyl groups excluding tert-OH is 1. The van der Waals surface area contributed by atoms with Crippen LogP contribution in [0.4, 0.5) is 15.8 Å². The van der Waals surface area contributed by atoms with Crippen LogP contribution in [0.25, 0.3) is 16.7 Å². The van der Waals surface area contributed by atoms with Gasteiger partial charge in [-0.3, -0.25) is 14.5 Å². The number of nitrogens with zero attached hydrogens (tertiary/aromatic N) is 2. The predicted molar refractivity (Wildman–Crippen MR) is 137 cm³/mol. The molecule has 3 heterocycles. The van der Waals surface area contributed by atoms with Crippen LogP contribution in [-0.4, -0.2) is 34.9 Å². The van der Waals surface area contributed by atoms with E-state index in [4.69, 9.17) is 0 Å². The summed E-state index contributed by atoms with van der Waals surface area (Å²) >= 11 is 0. The van der Waals surface area contributed by atoms with Crippen molar-refractivity contribution in [3.05, 3.63) is 102 Å². The van der Waals surface area contributed by atoms with Crippen LogP contribution in [0.15, 0.2) is 84.6 Å². The Hall–Kier alpha value is -4.39. The van der Waals surface area contributed by atoms with Crippen molar-refractivity contribution in [3.8, 4) is 0 Å². The Kier molecular flexibility index (Phi) is 5.33. The van der Waals surface area contributed by atoms with E-state index in [9.17, 15) is 19.1 Å². The summed E-state index contributed by atoms with van der Waals surface area (Å²) in [5.74, 6) is -2.21. The Morgan fingerprint density at radius 1 is 0.889 bits per heavy atom. The summed E-state index contributed by atoms with van der Waals surface area (Å²) in [6, 6.07) is 19.7. The summed E-state index contributed by atoms with van der Waals surface area (Å²) in [5, 5.41) is 12.1. The first-order valence-electron chi connectivity index (χ1n) is 12.0. The van der Waals surface area contributed by atoms with Crippen molar-refractivity contribution in [3.63, 3.8) is 0 Å². The minimum atomic E-state index is -0.906. The highest BCUT2D eigenvalue weighted by Crippen LogP contribution is 2.43. The maximum absolute atomic E-state index is 13.8. The number of amides is 1. The number of hydrogen-bond donors (Lipinski definition) is 2. The van der Waals surface area contributed by atoms with Crippen LogP contribution in [0.3, 0.4) is 0 Å². The minimum absolute atomic E-state index is 0.0278. The van der Waals surface area contributed by atoms with Crippen molar-refractivity contribution in [1.29, 1.82) is 0 Å². The number of ketones is 1. The van der Waals surface area contributed by atoms with E-state index in [1.54, 1.807) is 18.3 Å². The summed E-state index contributed by atoms with van der Waals surface area (Å²) in [6.45, 7) is 1.98. The SMILES string of the molecule is O=C1C(=O)N(c2ccc(N3CCCC3)cc2)C(c2ccc(F)cc2)/C1=C(/O)c1c[nH]c2ccccc12. The third-order valence-electron chi connectivity index (χ3n) is 7.07. The Bertz CT molecular complexity index is 1500. The quantitative estimate of drug-likeness (QED) is 0.228. The molecule has 6 rings (SSSR count). The van der Waals surface area contributed by atoms with E-state index in [1.165, 1.54) is 17.0 Å². The third kappa shape index (κ3) is 3.55. The first-order valence-corrected chi connectivity index (χ1v) is 12.0. The van der Waals surface area contributed by atoms with Gasteiger partial charge in [-0.1, -0.05) is 30.3 Å². The number of anilines is 2. The molecule has 1 aromatic heterocycles. The van der Waals surface area contributed by atoms with Crippen LogP contribution < -0.4 is 9.80 Å². The topological polar surface area (TPSA) is 76.6 Å². The zero-order chi connectivity index (χ0) is 24.8. The molecular weight excluding hydrogens is 457 g/mol. The molecule has 6 nitrogen and oxygen atoms in total. The number of H-pyrrole nitrogens is 1. The fourth-order valence-electron chi connectivity index (χ4n) is 5.27.